The lowest BCUT2D eigenvalue weighted by atomic mass is 10.1. The van der Waals surface area contributed by atoms with Crippen molar-refractivity contribution in [1.82, 2.24) is 24.8 Å². The van der Waals surface area contributed by atoms with Gasteiger partial charge in [-0.1, -0.05) is 36.8 Å². The Morgan fingerprint density at radius 1 is 1.04 bits per heavy atom. The predicted octanol–water partition coefficient (Wildman–Crippen LogP) is 5.05. The number of hydrogen-bond donors (Lipinski definition) is 2. The van der Waals surface area contributed by atoms with Gasteiger partial charge in [0.2, 0.25) is 6.29 Å². The summed E-state index contributed by atoms with van der Waals surface area (Å²) in [4.78, 5) is 28.4. The number of aromatic nitrogens is 2. The van der Waals surface area contributed by atoms with E-state index >= 15 is 0 Å². The summed E-state index contributed by atoms with van der Waals surface area (Å²) in [6.45, 7) is 7.58. The van der Waals surface area contributed by atoms with Gasteiger partial charge in [-0.25, -0.2) is 32.2 Å². The van der Waals surface area contributed by atoms with Gasteiger partial charge in [0.05, 0.1) is 28.9 Å². The number of nitrogens with zero attached hydrogens (tertiary/aromatic N) is 4. The number of carbonyl (C=O) groups is 2. The van der Waals surface area contributed by atoms with Crippen molar-refractivity contribution in [1.29, 1.82) is 0 Å². The Morgan fingerprint density at radius 3 is 2.24 bits per heavy atom. The van der Waals surface area contributed by atoms with Gasteiger partial charge < -0.3 is 14.2 Å². The van der Waals surface area contributed by atoms with Crippen molar-refractivity contribution in [2.45, 2.75) is 58.1 Å². The van der Waals surface area contributed by atoms with Gasteiger partial charge in [0.25, 0.3) is 10.0 Å². The van der Waals surface area contributed by atoms with Gasteiger partial charge >= 0.3 is 18.4 Å². The summed E-state index contributed by atoms with van der Waals surface area (Å²) in [5.74, 6) is 0. The number of aryl methyl sites for hydroxylation is 1. The summed E-state index contributed by atoms with van der Waals surface area (Å²) in [5, 5.41) is 15.2. The molecule has 3 rings (SSSR count). The molecular formula is C28H34F3N5O9S. The molecule has 0 bridgehead atoms. The second-order valence-corrected chi connectivity index (χ2v) is 11.6. The maximum absolute atomic E-state index is 13.5. The summed E-state index contributed by atoms with van der Waals surface area (Å²) in [5.41, 5.74) is 0.505. The van der Waals surface area contributed by atoms with Crippen LogP contribution in [0.1, 0.15) is 39.0 Å². The highest BCUT2D eigenvalue weighted by Crippen LogP contribution is 2.33. The number of hydrazine groups is 1. The molecule has 0 spiro atoms. The third kappa shape index (κ3) is 10.1. The van der Waals surface area contributed by atoms with Crippen LogP contribution in [-0.2, 0) is 35.2 Å². The van der Waals surface area contributed by atoms with Crippen LogP contribution in [0.2, 0.25) is 0 Å². The van der Waals surface area contributed by atoms with E-state index in [1.165, 1.54) is 19.1 Å². The standard InChI is InChI=1S/C28H34F3N5O9S/c1-6-34(36(39)45-20(5)44-27(38)43-18(2)3)15-16-42-26(37)33-46(40,41)23-13-11-22(12-14-23)35-24(17-25(32-35)28(29,30)31)21-9-7-19(4)8-10-21/h7-14,17-18,20,39H,6,15-16H2,1-5H3,(H,33,37). The van der Waals surface area contributed by atoms with Crippen LogP contribution < -0.4 is 4.72 Å². The topological polar surface area (TPSA) is 162 Å². The third-order valence-corrected chi connectivity index (χ3v) is 7.31. The molecule has 2 N–H and O–H groups in total. The fraction of sp³-hybridized carbons (Fsp3) is 0.393. The number of sulfonamides is 1. The Balaban J connectivity index is 1.61. The van der Waals surface area contributed by atoms with E-state index in [4.69, 9.17) is 19.0 Å². The van der Waals surface area contributed by atoms with E-state index in [-0.39, 0.29) is 34.7 Å². The maximum Gasteiger partial charge on any atom is 0.510 e. The Kier molecular flexibility index (Phi) is 12.1. The molecule has 2 aromatic carbocycles. The fourth-order valence-electron chi connectivity index (χ4n) is 3.80. The van der Waals surface area contributed by atoms with Crippen LogP contribution in [0.25, 0.3) is 16.9 Å². The molecule has 0 aliphatic rings. The lowest BCUT2D eigenvalue weighted by Gasteiger charge is -2.28. The average Bonchev–Trinajstić information content (AvgIpc) is 3.41. The minimum absolute atomic E-state index is 0.133. The quantitative estimate of drug-likeness (QED) is 0.141. The molecule has 0 aliphatic heterocycles. The first-order chi connectivity index (χ1) is 21.5. The highest BCUT2D eigenvalue weighted by atomic mass is 32.2. The van der Waals surface area contributed by atoms with Crippen LogP contribution in [0.4, 0.5) is 22.8 Å². The molecule has 1 atom stereocenters. The Bertz CT molecular complexity index is 1580. The second kappa shape index (κ2) is 15.4. The van der Waals surface area contributed by atoms with Crippen molar-refractivity contribution in [3.63, 3.8) is 0 Å². The molecule has 1 amide bonds. The Labute approximate surface area is 263 Å². The highest BCUT2D eigenvalue weighted by molar-refractivity contribution is 7.90. The number of amides is 1. The summed E-state index contributed by atoms with van der Waals surface area (Å²) >= 11 is 0. The van der Waals surface area contributed by atoms with E-state index < -0.39 is 53.1 Å². The molecule has 0 fully saturated rings. The second-order valence-electron chi connectivity index (χ2n) is 9.93. The summed E-state index contributed by atoms with van der Waals surface area (Å²) in [6.07, 6.45) is -8.75. The zero-order chi connectivity index (χ0) is 34.2. The van der Waals surface area contributed by atoms with Crippen LogP contribution in [0, 0.1) is 6.92 Å². The largest absolute Gasteiger partial charge is 0.510 e. The lowest BCUT2D eigenvalue weighted by molar-refractivity contribution is -0.473. The average molecular weight is 674 g/mol. The minimum atomic E-state index is -4.72. The molecule has 1 heterocycles. The van der Waals surface area contributed by atoms with Crippen molar-refractivity contribution in [3.05, 3.63) is 65.9 Å². The van der Waals surface area contributed by atoms with E-state index in [0.29, 0.717) is 5.56 Å². The van der Waals surface area contributed by atoms with E-state index in [2.05, 4.69) is 5.10 Å². The first kappa shape index (κ1) is 36.2. The molecular weight excluding hydrogens is 639 g/mol. The number of halogens is 3. The minimum Gasteiger partial charge on any atom is -0.447 e. The number of hydrogen-bond acceptors (Lipinski definition) is 12. The predicted molar refractivity (Wildman–Crippen MR) is 155 cm³/mol. The van der Waals surface area contributed by atoms with Gasteiger partial charge in [-0.15, -0.1) is 0 Å². The molecule has 14 nitrogen and oxygen atoms in total. The number of alkyl halides is 3. The number of ether oxygens (including phenoxy) is 3. The Hall–Kier alpha value is -4.23. The van der Waals surface area contributed by atoms with Gasteiger partial charge in [0.1, 0.15) is 6.61 Å². The van der Waals surface area contributed by atoms with Crippen molar-refractivity contribution >= 4 is 22.3 Å². The van der Waals surface area contributed by atoms with E-state index in [0.717, 1.165) is 33.5 Å². The molecule has 0 saturated heterocycles. The summed E-state index contributed by atoms with van der Waals surface area (Å²) < 4.78 is 83.3. The zero-order valence-corrected chi connectivity index (χ0v) is 26.3. The van der Waals surface area contributed by atoms with Gasteiger partial charge in [-0.2, -0.15) is 23.3 Å². The van der Waals surface area contributed by atoms with E-state index in [9.17, 15) is 36.4 Å². The normalized spacial score (nSPS) is 12.8. The van der Waals surface area contributed by atoms with E-state index in [1.54, 1.807) is 49.8 Å². The lowest BCUT2D eigenvalue weighted by Crippen LogP contribution is -2.45. The molecule has 0 radical (unpaired) electrons. The van der Waals surface area contributed by atoms with Gasteiger partial charge in [-0.3, -0.25) is 5.21 Å². The van der Waals surface area contributed by atoms with Crippen LogP contribution >= 0.6 is 0 Å². The van der Waals surface area contributed by atoms with Crippen molar-refractivity contribution < 1.29 is 55.4 Å². The number of likely N-dealkylation sites (N-methyl/N-ethyl adjacent to an activating group) is 1. The van der Waals surface area contributed by atoms with Gasteiger partial charge in [0.15, 0.2) is 5.69 Å². The van der Waals surface area contributed by atoms with Crippen LogP contribution in [0.15, 0.2) is 59.5 Å². The molecule has 252 valence electrons. The first-order valence-electron chi connectivity index (χ1n) is 13.8. The molecule has 1 aromatic heterocycles. The highest BCUT2D eigenvalue weighted by Gasteiger charge is 2.35. The molecule has 0 saturated carbocycles. The zero-order valence-electron chi connectivity index (χ0n) is 25.5. The van der Waals surface area contributed by atoms with Crippen molar-refractivity contribution in [3.8, 4) is 16.9 Å². The summed E-state index contributed by atoms with van der Waals surface area (Å²) in [6, 6.07) is 12.3. The summed E-state index contributed by atoms with van der Waals surface area (Å²) in [7, 11) is -4.44. The maximum atomic E-state index is 13.5. The van der Waals surface area contributed by atoms with Crippen LogP contribution in [0.3, 0.4) is 0 Å². The van der Waals surface area contributed by atoms with Crippen LogP contribution in [-0.4, -0.2) is 78.1 Å². The Morgan fingerprint density at radius 2 is 1.67 bits per heavy atom. The number of rotatable bonds is 13. The molecule has 46 heavy (non-hydrogen) atoms. The molecule has 3 aromatic rings. The van der Waals surface area contributed by atoms with Crippen LogP contribution in [0.5, 0.6) is 0 Å². The van der Waals surface area contributed by atoms with Crippen molar-refractivity contribution in [2.75, 3.05) is 19.7 Å². The number of carbonyl (C=O) groups excluding carboxylic acids is 2. The molecule has 0 aliphatic carbocycles. The van der Waals surface area contributed by atoms with Gasteiger partial charge in [-0.05, 0) is 51.1 Å². The SMILES string of the molecule is CCN(CCOC(=O)NS(=O)(=O)c1ccc(-n2nc(C(F)(F)F)cc2-c2ccc(C)cc2)cc1)N(O)OC(C)OC(=O)OC(C)C. The third-order valence-electron chi connectivity index (χ3n) is 5.98. The van der Waals surface area contributed by atoms with E-state index in [1.807, 2.05) is 6.92 Å². The monoisotopic (exact) mass is 673 g/mol. The molecule has 18 heteroatoms. The number of benzene rings is 2. The smallest absolute Gasteiger partial charge is 0.447 e. The molecule has 1 unspecified atom stereocenters. The fourth-order valence-corrected chi connectivity index (χ4v) is 4.69. The van der Waals surface area contributed by atoms with Gasteiger partial charge in [0, 0.05) is 24.4 Å². The van der Waals surface area contributed by atoms with Crippen molar-refractivity contribution in [2.24, 2.45) is 0 Å². The first-order valence-corrected chi connectivity index (χ1v) is 15.3. The number of nitrogens with one attached hydrogen (secondary N) is 1.